The molecule has 2 aliphatic rings. The number of oxime groups is 1. The van der Waals surface area contributed by atoms with Crippen molar-refractivity contribution in [3.05, 3.63) is 35.1 Å². The van der Waals surface area contributed by atoms with Gasteiger partial charge in [0.2, 0.25) is 0 Å². The second kappa shape index (κ2) is 8.53. The highest BCUT2D eigenvalue weighted by atomic mass is 16.4. The van der Waals surface area contributed by atoms with Gasteiger partial charge in [-0.2, -0.15) is 0 Å². The number of carbonyl (C=O) groups is 3. The van der Waals surface area contributed by atoms with E-state index in [4.69, 9.17) is 4.42 Å². The molecule has 9 heteroatoms. The Morgan fingerprint density at radius 2 is 1.97 bits per heavy atom. The van der Waals surface area contributed by atoms with E-state index >= 15 is 0 Å². The Hall–Kier alpha value is -3.36. The summed E-state index contributed by atoms with van der Waals surface area (Å²) in [5.41, 5.74) is 1.75. The number of hydrogen-bond acceptors (Lipinski definition) is 6. The van der Waals surface area contributed by atoms with Gasteiger partial charge in [0.1, 0.15) is 16.9 Å². The molecule has 1 fully saturated rings. The molecule has 3 amide bonds. The minimum Gasteiger partial charge on any atom is -0.481 e. The van der Waals surface area contributed by atoms with Gasteiger partial charge in [0, 0.05) is 42.9 Å². The lowest BCUT2D eigenvalue weighted by atomic mass is 9.93. The summed E-state index contributed by atoms with van der Waals surface area (Å²) in [6.07, 6.45) is 4.10. The third kappa shape index (κ3) is 3.96. The van der Waals surface area contributed by atoms with Crippen molar-refractivity contribution in [2.45, 2.75) is 57.9 Å². The first-order valence-electron chi connectivity index (χ1n) is 11.2. The highest BCUT2D eigenvalue weighted by Gasteiger charge is 2.49. The minimum absolute atomic E-state index is 0.0228. The third-order valence-corrected chi connectivity index (χ3v) is 7.03. The highest BCUT2D eigenvalue weighted by molar-refractivity contribution is 6.06. The molecule has 2 N–H and O–H groups in total. The quantitative estimate of drug-likeness (QED) is 0.284. The number of imide groups is 1. The van der Waals surface area contributed by atoms with Crippen LogP contribution in [0.4, 0.5) is 4.79 Å². The topological polar surface area (TPSA) is 124 Å². The molecule has 0 radical (unpaired) electrons. The van der Waals surface area contributed by atoms with Crippen molar-refractivity contribution in [2.24, 2.45) is 11.1 Å². The van der Waals surface area contributed by atoms with Crippen LogP contribution in [0, 0.1) is 5.92 Å². The van der Waals surface area contributed by atoms with Crippen LogP contribution in [0.2, 0.25) is 0 Å². The zero-order chi connectivity index (χ0) is 23.9. The minimum atomic E-state index is -1.09. The molecule has 1 saturated heterocycles. The zero-order valence-electron chi connectivity index (χ0n) is 19.1. The van der Waals surface area contributed by atoms with Crippen LogP contribution < -0.4 is 0 Å². The number of amides is 3. The first-order valence-corrected chi connectivity index (χ1v) is 11.2. The Balaban J connectivity index is 1.50. The monoisotopic (exact) mass is 455 g/mol. The molecule has 9 nitrogen and oxygen atoms in total. The molecular weight excluding hydrogens is 426 g/mol. The first-order chi connectivity index (χ1) is 15.6. The molecule has 1 atom stereocenters. The summed E-state index contributed by atoms with van der Waals surface area (Å²) in [5.74, 6) is -1.39. The zero-order valence-corrected chi connectivity index (χ0v) is 19.1. The van der Waals surface area contributed by atoms with Crippen LogP contribution in [-0.4, -0.2) is 62.9 Å². The number of urea groups is 1. The smallest absolute Gasteiger partial charge is 0.327 e. The van der Waals surface area contributed by atoms with Crippen LogP contribution in [0.15, 0.2) is 27.8 Å². The number of carbonyl (C=O) groups excluding carboxylic acids is 2. The molecule has 1 aliphatic carbocycles. The fraction of sp³-hybridized carbons (Fsp3) is 0.500. The second-order valence-electron chi connectivity index (χ2n) is 9.35. The number of nitrogens with zero attached hydrogens (tertiary/aromatic N) is 3. The fourth-order valence-electron chi connectivity index (χ4n) is 4.67. The number of benzene rings is 1. The van der Waals surface area contributed by atoms with Crippen molar-refractivity contribution in [3.63, 3.8) is 0 Å². The lowest BCUT2D eigenvalue weighted by Crippen LogP contribution is -2.41. The van der Waals surface area contributed by atoms with Gasteiger partial charge >= 0.3 is 12.0 Å². The van der Waals surface area contributed by atoms with Gasteiger partial charge in [0.25, 0.3) is 5.91 Å². The fourth-order valence-corrected chi connectivity index (χ4v) is 4.67. The van der Waals surface area contributed by atoms with Crippen LogP contribution >= 0.6 is 0 Å². The number of hydrogen-bond donors (Lipinski definition) is 2. The van der Waals surface area contributed by atoms with Crippen molar-refractivity contribution in [1.29, 1.82) is 0 Å². The largest absolute Gasteiger partial charge is 0.481 e. The number of rotatable bonds is 7. The number of aliphatic carboxylic acids is 1. The summed E-state index contributed by atoms with van der Waals surface area (Å²) in [4.78, 5) is 39.4. The number of carboxylic acids is 1. The van der Waals surface area contributed by atoms with Gasteiger partial charge in [-0.1, -0.05) is 17.3 Å². The maximum absolute atomic E-state index is 12.6. The van der Waals surface area contributed by atoms with E-state index in [1.165, 1.54) is 10.5 Å². The predicted octanol–water partition coefficient (Wildman–Crippen LogP) is 3.64. The Morgan fingerprint density at radius 3 is 2.61 bits per heavy atom. The Bertz CT molecular complexity index is 1150. The summed E-state index contributed by atoms with van der Waals surface area (Å²) in [6.45, 7) is 3.28. The summed E-state index contributed by atoms with van der Waals surface area (Å²) in [6, 6.07) is 5.08. The molecule has 176 valence electrons. The Kier molecular flexibility index (Phi) is 5.90. The SMILES string of the molecule is CN1C(=O)N(CC[C@@H](CC(=NO)c2ccc3c4c(oc3c2)CCCC4)C(=O)O)C(=O)C1(C)C. The molecule has 0 saturated carbocycles. The van der Waals surface area contributed by atoms with Crippen LogP contribution in [0.25, 0.3) is 11.0 Å². The van der Waals surface area contributed by atoms with Gasteiger partial charge in [-0.25, -0.2) is 4.79 Å². The van der Waals surface area contributed by atoms with E-state index in [0.29, 0.717) is 11.1 Å². The molecule has 0 spiro atoms. The molecule has 1 aromatic carbocycles. The second-order valence-corrected chi connectivity index (χ2v) is 9.35. The molecular formula is C24H29N3O6. The van der Waals surface area contributed by atoms with Gasteiger partial charge in [-0.15, -0.1) is 0 Å². The molecule has 0 bridgehead atoms. The number of furan rings is 1. The number of likely N-dealkylation sites (N-methyl/N-ethyl adjacent to an activating group) is 1. The van der Waals surface area contributed by atoms with Crippen LogP contribution in [-0.2, 0) is 22.4 Å². The van der Waals surface area contributed by atoms with Crippen molar-refractivity contribution in [2.75, 3.05) is 13.6 Å². The number of aryl methyl sites for hydroxylation is 2. The van der Waals surface area contributed by atoms with Gasteiger partial charge in [-0.3, -0.25) is 14.5 Å². The van der Waals surface area contributed by atoms with Gasteiger partial charge in [-0.05, 0) is 45.6 Å². The molecule has 1 aliphatic heterocycles. The van der Waals surface area contributed by atoms with Crippen molar-refractivity contribution >= 4 is 34.6 Å². The molecule has 33 heavy (non-hydrogen) atoms. The summed E-state index contributed by atoms with van der Waals surface area (Å²) < 4.78 is 6.01. The average molecular weight is 456 g/mol. The van der Waals surface area contributed by atoms with Crippen molar-refractivity contribution in [3.8, 4) is 0 Å². The van der Waals surface area contributed by atoms with Crippen molar-refractivity contribution in [1.82, 2.24) is 9.80 Å². The van der Waals surface area contributed by atoms with E-state index in [9.17, 15) is 24.7 Å². The lowest BCUT2D eigenvalue weighted by Gasteiger charge is -2.22. The van der Waals surface area contributed by atoms with Crippen LogP contribution in [0.1, 0.15) is 56.4 Å². The maximum Gasteiger partial charge on any atom is 0.327 e. The first kappa shape index (κ1) is 22.8. The van der Waals surface area contributed by atoms with Crippen molar-refractivity contribution < 1.29 is 29.1 Å². The van der Waals surface area contributed by atoms with E-state index in [-0.39, 0.29) is 31.0 Å². The molecule has 2 heterocycles. The van der Waals surface area contributed by atoms with E-state index in [2.05, 4.69) is 5.16 Å². The molecule has 4 rings (SSSR count). The normalized spacial score (nSPS) is 19.3. The standard InChI is InChI=1S/C24H29N3O6/c1-24(2)22(30)27(23(31)26(24)3)11-10-15(21(28)29)12-18(25-32)14-8-9-17-16-6-4-5-7-19(16)33-20(17)13-14/h8-9,13,15,32H,4-7,10-12H2,1-3H3,(H,28,29)/t15-/m0/s1. The molecule has 2 aromatic rings. The maximum atomic E-state index is 12.6. The Morgan fingerprint density at radius 1 is 1.24 bits per heavy atom. The molecule has 0 unspecified atom stereocenters. The van der Waals surface area contributed by atoms with Gasteiger partial charge < -0.3 is 19.6 Å². The number of fused-ring (bicyclic) bond motifs is 3. The molecule has 1 aromatic heterocycles. The highest BCUT2D eigenvalue weighted by Crippen LogP contribution is 2.33. The van der Waals surface area contributed by atoms with E-state index in [0.717, 1.165) is 41.7 Å². The summed E-state index contributed by atoms with van der Waals surface area (Å²) >= 11 is 0. The van der Waals surface area contributed by atoms with E-state index in [1.807, 2.05) is 12.1 Å². The third-order valence-electron chi connectivity index (χ3n) is 7.03. The van der Waals surface area contributed by atoms with Crippen LogP contribution in [0.3, 0.4) is 0 Å². The van der Waals surface area contributed by atoms with E-state index < -0.39 is 23.5 Å². The van der Waals surface area contributed by atoms with Gasteiger partial charge in [0.05, 0.1) is 11.6 Å². The van der Waals surface area contributed by atoms with Gasteiger partial charge in [0.15, 0.2) is 0 Å². The average Bonchev–Trinajstić information content (AvgIpc) is 3.23. The lowest BCUT2D eigenvalue weighted by molar-refractivity contribution is -0.142. The van der Waals surface area contributed by atoms with E-state index in [1.54, 1.807) is 27.0 Å². The summed E-state index contributed by atoms with van der Waals surface area (Å²) in [5, 5.41) is 23.8. The summed E-state index contributed by atoms with van der Waals surface area (Å²) in [7, 11) is 1.55. The predicted molar refractivity (Wildman–Crippen MR) is 120 cm³/mol. The number of carboxylic acid groups (broad SMARTS) is 1. The van der Waals surface area contributed by atoms with Crippen LogP contribution in [0.5, 0.6) is 0 Å². The Labute approximate surface area is 191 Å².